The molecule has 1 aromatic rings. The lowest BCUT2D eigenvalue weighted by Crippen LogP contribution is -2.78. The Labute approximate surface area is 182 Å². The summed E-state index contributed by atoms with van der Waals surface area (Å²) in [7, 11) is 3.46. The van der Waals surface area contributed by atoms with Gasteiger partial charge in [0.25, 0.3) is 0 Å². The molecule has 1 aromatic heterocycles. The van der Waals surface area contributed by atoms with E-state index in [2.05, 4.69) is 16.0 Å². The van der Waals surface area contributed by atoms with Crippen molar-refractivity contribution < 1.29 is 33.6 Å². The zero-order valence-electron chi connectivity index (χ0n) is 18.3. The van der Waals surface area contributed by atoms with Crippen molar-refractivity contribution in [1.29, 1.82) is 0 Å². The van der Waals surface area contributed by atoms with Crippen molar-refractivity contribution >= 4 is 0 Å². The molecule has 31 heavy (non-hydrogen) atoms. The molecule has 176 valence electrons. The fraction of sp³-hybridized carbons (Fsp3) is 0.810. The summed E-state index contributed by atoms with van der Waals surface area (Å²) in [6.45, 7) is 3.35. The first-order valence-electron chi connectivity index (χ1n) is 11.1. The molecule has 5 N–H and O–H groups in total. The number of hydrogen-bond acceptors (Lipinski definition) is 10. The molecule has 1 saturated carbocycles. The van der Waals surface area contributed by atoms with E-state index in [4.69, 9.17) is 23.4 Å². The van der Waals surface area contributed by atoms with Crippen molar-refractivity contribution in [3.8, 4) is 0 Å². The zero-order chi connectivity index (χ0) is 22.0. The van der Waals surface area contributed by atoms with Gasteiger partial charge in [-0.2, -0.15) is 0 Å². The van der Waals surface area contributed by atoms with Gasteiger partial charge in [-0.25, -0.2) is 0 Å². The normalized spacial score (nSPS) is 42.7. The lowest BCUT2D eigenvalue weighted by molar-refractivity contribution is -0.460. The number of furan rings is 1. The standard InChI is InChI=1S/C21H35N3O7/c1-12-10-28-21(11-24-8-4-6-13-7-5-9-27-13)20(29-12)30-19-17(26)14(22-2)16(25)15(23-3)18(19)31-21/h5,7,9,12,14-20,22-26H,4,6,8,10-11H2,1-3H3. The van der Waals surface area contributed by atoms with E-state index in [1.54, 1.807) is 20.4 Å². The first-order chi connectivity index (χ1) is 15.0. The van der Waals surface area contributed by atoms with Gasteiger partial charge >= 0.3 is 0 Å². The van der Waals surface area contributed by atoms with Crippen LogP contribution in [-0.4, -0.2) is 98.7 Å². The monoisotopic (exact) mass is 441 g/mol. The maximum Gasteiger partial charge on any atom is 0.234 e. The Morgan fingerprint density at radius 3 is 2.61 bits per heavy atom. The number of fused-ring (bicyclic) bond motifs is 2. The molecule has 3 aliphatic rings. The van der Waals surface area contributed by atoms with Crippen molar-refractivity contribution in [3.63, 3.8) is 0 Å². The minimum absolute atomic E-state index is 0.163. The molecular formula is C21H35N3O7. The number of nitrogens with one attached hydrogen (secondary N) is 3. The van der Waals surface area contributed by atoms with Crippen LogP contribution in [0.2, 0.25) is 0 Å². The summed E-state index contributed by atoms with van der Waals surface area (Å²) < 4.78 is 30.2. The molecule has 9 atom stereocenters. The van der Waals surface area contributed by atoms with Crippen molar-refractivity contribution in [1.82, 2.24) is 16.0 Å². The quantitative estimate of drug-likeness (QED) is 0.319. The predicted molar refractivity (Wildman–Crippen MR) is 110 cm³/mol. The van der Waals surface area contributed by atoms with Crippen LogP contribution in [0.15, 0.2) is 22.8 Å². The van der Waals surface area contributed by atoms with Crippen LogP contribution in [-0.2, 0) is 25.4 Å². The van der Waals surface area contributed by atoms with Crippen molar-refractivity contribution in [2.45, 2.75) is 74.4 Å². The number of likely N-dealkylation sites (N-methyl/N-ethyl adjacent to an activating group) is 2. The first kappa shape index (κ1) is 23.1. The number of rotatable bonds is 8. The second-order valence-electron chi connectivity index (χ2n) is 8.55. The van der Waals surface area contributed by atoms with Crippen LogP contribution in [0.1, 0.15) is 19.1 Å². The molecule has 0 spiro atoms. The number of ether oxygens (including phenoxy) is 4. The SMILES string of the molecule is CNC1C(O)C(NC)C2OC3(CNCCCc4ccco4)OCC(C)OC3OC2C1O. The maximum absolute atomic E-state index is 10.8. The summed E-state index contributed by atoms with van der Waals surface area (Å²) in [5.41, 5.74) is 0. The lowest BCUT2D eigenvalue weighted by atomic mass is 9.80. The van der Waals surface area contributed by atoms with Gasteiger partial charge in [-0.3, -0.25) is 0 Å². The van der Waals surface area contributed by atoms with Crippen LogP contribution in [0, 0.1) is 0 Å². The number of aliphatic hydroxyl groups excluding tert-OH is 2. The summed E-state index contributed by atoms with van der Waals surface area (Å²) in [5, 5.41) is 31.1. The highest BCUT2D eigenvalue weighted by atomic mass is 16.8. The molecule has 3 heterocycles. The van der Waals surface area contributed by atoms with Gasteiger partial charge < -0.3 is 49.5 Å². The molecule has 2 aliphatic heterocycles. The smallest absolute Gasteiger partial charge is 0.234 e. The van der Waals surface area contributed by atoms with E-state index in [1.165, 1.54) is 0 Å². The van der Waals surface area contributed by atoms with E-state index in [9.17, 15) is 10.2 Å². The average molecular weight is 442 g/mol. The van der Waals surface area contributed by atoms with Gasteiger partial charge in [0, 0.05) is 6.42 Å². The highest BCUT2D eigenvalue weighted by Gasteiger charge is 2.61. The molecule has 10 nitrogen and oxygen atoms in total. The molecule has 10 heteroatoms. The Hall–Kier alpha value is -1.08. The van der Waals surface area contributed by atoms with Crippen LogP contribution >= 0.6 is 0 Å². The van der Waals surface area contributed by atoms with Crippen LogP contribution in [0.3, 0.4) is 0 Å². The second-order valence-corrected chi connectivity index (χ2v) is 8.55. The van der Waals surface area contributed by atoms with E-state index in [0.29, 0.717) is 13.2 Å². The summed E-state index contributed by atoms with van der Waals surface area (Å²) in [6.07, 6.45) is -0.686. The van der Waals surface area contributed by atoms with Crippen LogP contribution in [0.4, 0.5) is 0 Å². The first-order valence-corrected chi connectivity index (χ1v) is 11.1. The van der Waals surface area contributed by atoms with E-state index in [0.717, 1.165) is 25.1 Å². The third kappa shape index (κ3) is 4.54. The predicted octanol–water partition coefficient (Wildman–Crippen LogP) is -1.05. The summed E-state index contributed by atoms with van der Waals surface area (Å²) >= 11 is 0. The Balaban J connectivity index is 1.45. The van der Waals surface area contributed by atoms with Crippen LogP contribution in [0.5, 0.6) is 0 Å². The molecule has 0 aromatic carbocycles. The number of aliphatic hydroxyl groups is 2. The van der Waals surface area contributed by atoms with Crippen molar-refractivity contribution in [2.24, 2.45) is 0 Å². The largest absolute Gasteiger partial charge is 0.469 e. The second kappa shape index (κ2) is 9.82. The highest BCUT2D eigenvalue weighted by molar-refractivity contribution is 5.09. The molecule has 0 radical (unpaired) electrons. The molecule has 4 rings (SSSR count). The molecule has 0 amide bonds. The van der Waals surface area contributed by atoms with Crippen LogP contribution in [0.25, 0.3) is 0 Å². The third-order valence-corrected chi connectivity index (χ3v) is 6.41. The molecule has 3 fully saturated rings. The number of aryl methyl sites for hydroxylation is 1. The minimum Gasteiger partial charge on any atom is -0.469 e. The third-order valence-electron chi connectivity index (χ3n) is 6.41. The molecule has 2 saturated heterocycles. The number of hydrogen-bond donors (Lipinski definition) is 5. The van der Waals surface area contributed by atoms with Gasteiger partial charge in [0.05, 0.1) is 43.7 Å². The minimum atomic E-state index is -1.17. The fourth-order valence-electron chi connectivity index (χ4n) is 4.76. The van der Waals surface area contributed by atoms with E-state index < -0.39 is 48.6 Å². The molecule has 0 bridgehead atoms. The average Bonchev–Trinajstić information content (AvgIpc) is 3.27. The van der Waals surface area contributed by atoms with Gasteiger partial charge in [-0.15, -0.1) is 0 Å². The highest BCUT2D eigenvalue weighted by Crippen LogP contribution is 2.40. The summed E-state index contributed by atoms with van der Waals surface area (Å²) in [6, 6.07) is 2.83. The summed E-state index contributed by atoms with van der Waals surface area (Å²) in [5.74, 6) is -0.218. The summed E-state index contributed by atoms with van der Waals surface area (Å²) in [4.78, 5) is 0. The molecule has 9 unspecified atom stereocenters. The Kier molecular flexibility index (Phi) is 7.31. The van der Waals surface area contributed by atoms with Gasteiger partial charge in [0.15, 0.2) is 0 Å². The Morgan fingerprint density at radius 2 is 1.90 bits per heavy atom. The van der Waals surface area contributed by atoms with Crippen LogP contribution < -0.4 is 16.0 Å². The maximum atomic E-state index is 10.8. The van der Waals surface area contributed by atoms with Crippen molar-refractivity contribution in [3.05, 3.63) is 24.2 Å². The van der Waals surface area contributed by atoms with Crippen molar-refractivity contribution in [2.75, 3.05) is 33.8 Å². The van der Waals surface area contributed by atoms with E-state index in [1.807, 2.05) is 19.1 Å². The lowest BCUT2D eigenvalue weighted by Gasteiger charge is -2.57. The van der Waals surface area contributed by atoms with E-state index >= 15 is 0 Å². The Morgan fingerprint density at radius 1 is 1.10 bits per heavy atom. The zero-order valence-corrected chi connectivity index (χ0v) is 18.3. The van der Waals surface area contributed by atoms with Gasteiger partial charge in [0.2, 0.25) is 12.1 Å². The molecule has 1 aliphatic carbocycles. The molecular weight excluding hydrogens is 406 g/mol. The Bertz CT molecular complexity index is 693. The van der Waals surface area contributed by atoms with Gasteiger partial charge in [-0.1, -0.05) is 0 Å². The topological polar surface area (TPSA) is 127 Å². The fourth-order valence-corrected chi connectivity index (χ4v) is 4.76. The van der Waals surface area contributed by atoms with E-state index in [-0.39, 0.29) is 6.10 Å². The van der Waals surface area contributed by atoms with Gasteiger partial charge in [-0.05, 0) is 46.1 Å². The van der Waals surface area contributed by atoms with Gasteiger partial charge in [0.1, 0.15) is 24.1 Å².